The van der Waals surface area contributed by atoms with Crippen molar-refractivity contribution in [2.75, 3.05) is 13.2 Å². The van der Waals surface area contributed by atoms with Gasteiger partial charge >= 0.3 is 0 Å². The number of hydrogen-bond donors (Lipinski definition) is 1. The number of halogens is 1. The lowest BCUT2D eigenvalue weighted by atomic mass is 9.96. The highest BCUT2D eigenvalue weighted by Gasteiger charge is 2.53. The molecule has 0 spiro atoms. The average Bonchev–Trinajstić information content (AvgIpc) is 3.59. The highest BCUT2D eigenvalue weighted by atomic mass is 35.5. The summed E-state index contributed by atoms with van der Waals surface area (Å²) in [6, 6.07) is 2.25. The standard InChI is InChI=1S/C22H23ClN4O4S/c23-14-9-27(19-15(28)10-31-20(14)19)22(30)18(12-3-1-2-4-12)26-21(29)17-6-5-16(32-17)13-7-24-11-25-8-13/h5-8,11-12,14,18-20H,1-4,9-10H2,(H,26,29)/t14-,18-,19+,20+/m0/s1. The molecule has 1 saturated carbocycles. The zero-order valence-corrected chi connectivity index (χ0v) is 18.8. The number of ether oxygens (including phenoxy) is 1. The van der Waals surface area contributed by atoms with E-state index in [1.54, 1.807) is 18.5 Å². The molecule has 8 nitrogen and oxygen atoms in total. The van der Waals surface area contributed by atoms with Crippen molar-refractivity contribution in [2.45, 2.75) is 49.2 Å². The smallest absolute Gasteiger partial charge is 0.262 e. The van der Waals surface area contributed by atoms with Gasteiger partial charge < -0.3 is 15.0 Å². The summed E-state index contributed by atoms with van der Waals surface area (Å²) in [7, 11) is 0. The van der Waals surface area contributed by atoms with E-state index in [1.165, 1.54) is 22.6 Å². The SMILES string of the molecule is O=C(N[C@H](C(=O)N1C[C@H](Cl)[C@H]2OCC(=O)[C@H]21)C1CCCC1)c1ccc(-c2cncnc2)s1. The summed E-state index contributed by atoms with van der Waals surface area (Å²) >= 11 is 7.70. The molecule has 0 aromatic carbocycles. The third-order valence-corrected chi connectivity index (χ3v) is 8.02. The second-order valence-electron chi connectivity index (χ2n) is 8.48. The summed E-state index contributed by atoms with van der Waals surface area (Å²) in [5.74, 6) is -0.624. The zero-order chi connectivity index (χ0) is 22.2. The maximum absolute atomic E-state index is 13.6. The number of likely N-dealkylation sites (tertiary alicyclic amines) is 1. The van der Waals surface area contributed by atoms with Crippen molar-refractivity contribution < 1.29 is 19.1 Å². The Bertz CT molecular complexity index is 1030. The number of rotatable bonds is 5. The first-order chi connectivity index (χ1) is 15.5. The fourth-order valence-corrected chi connectivity index (χ4v) is 6.17. The van der Waals surface area contributed by atoms with Crippen LogP contribution in [0.4, 0.5) is 0 Å². The molecule has 2 aromatic rings. The van der Waals surface area contributed by atoms with Gasteiger partial charge in [0.15, 0.2) is 5.78 Å². The number of Topliss-reactive ketones (excluding diaryl/α,β-unsaturated/α-hetero) is 1. The third-order valence-electron chi connectivity index (χ3n) is 6.50. The lowest BCUT2D eigenvalue weighted by Gasteiger charge is -2.30. The van der Waals surface area contributed by atoms with Crippen LogP contribution in [0.25, 0.3) is 10.4 Å². The van der Waals surface area contributed by atoms with Gasteiger partial charge in [-0.2, -0.15) is 0 Å². The number of carbonyl (C=O) groups is 3. The highest BCUT2D eigenvalue weighted by Crippen LogP contribution is 2.35. The van der Waals surface area contributed by atoms with Gasteiger partial charge in [0.2, 0.25) is 5.91 Å². The van der Waals surface area contributed by atoms with Crippen molar-refractivity contribution in [3.8, 4) is 10.4 Å². The van der Waals surface area contributed by atoms with E-state index in [4.69, 9.17) is 16.3 Å². The molecule has 0 unspecified atom stereocenters. The number of nitrogens with zero attached hydrogens (tertiary/aromatic N) is 3. The molecule has 2 amide bonds. The van der Waals surface area contributed by atoms with Crippen LogP contribution < -0.4 is 5.32 Å². The van der Waals surface area contributed by atoms with E-state index in [2.05, 4.69) is 15.3 Å². The average molecular weight is 475 g/mol. The van der Waals surface area contributed by atoms with Gasteiger partial charge in [0.05, 0.1) is 10.3 Å². The minimum Gasteiger partial charge on any atom is -0.366 e. The monoisotopic (exact) mass is 474 g/mol. The number of fused-ring (bicyclic) bond motifs is 1. The van der Waals surface area contributed by atoms with Crippen molar-refractivity contribution in [1.29, 1.82) is 0 Å². The van der Waals surface area contributed by atoms with Crippen LogP contribution in [0.5, 0.6) is 0 Å². The van der Waals surface area contributed by atoms with Crippen molar-refractivity contribution in [3.05, 3.63) is 35.7 Å². The van der Waals surface area contributed by atoms with E-state index in [-0.39, 0.29) is 36.7 Å². The minimum absolute atomic E-state index is 0.0238. The molecule has 1 N–H and O–H groups in total. The van der Waals surface area contributed by atoms with Crippen LogP contribution in [0, 0.1) is 5.92 Å². The predicted molar refractivity (Wildman–Crippen MR) is 118 cm³/mol. The molecular formula is C22H23ClN4O4S. The molecule has 32 heavy (non-hydrogen) atoms. The van der Waals surface area contributed by atoms with Crippen LogP contribution in [-0.4, -0.2) is 69.2 Å². The van der Waals surface area contributed by atoms with E-state index < -0.39 is 23.6 Å². The molecule has 3 fully saturated rings. The number of carbonyl (C=O) groups excluding carboxylic acids is 3. The van der Waals surface area contributed by atoms with Gasteiger partial charge in [-0.25, -0.2) is 9.97 Å². The number of aromatic nitrogens is 2. The third kappa shape index (κ3) is 3.93. The number of nitrogens with one attached hydrogen (secondary N) is 1. The molecule has 0 bridgehead atoms. The molecular weight excluding hydrogens is 452 g/mol. The molecule has 5 rings (SSSR count). The first-order valence-electron chi connectivity index (χ1n) is 10.8. The molecule has 1 aliphatic carbocycles. The van der Waals surface area contributed by atoms with Gasteiger partial charge in [-0.15, -0.1) is 22.9 Å². The number of hydrogen-bond acceptors (Lipinski definition) is 7. The Morgan fingerprint density at radius 1 is 1.22 bits per heavy atom. The van der Waals surface area contributed by atoms with E-state index in [0.29, 0.717) is 4.88 Å². The first-order valence-corrected chi connectivity index (χ1v) is 12.0. The Kier molecular flexibility index (Phi) is 5.96. The summed E-state index contributed by atoms with van der Waals surface area (Å²) in [4.78, 5) is 50.0. The van der Waals surface area contributed by atoms with Crippen molar-refractivity contribution >= 4 is 40.5 Å². The Morgan fingerprint density at radius 2 is 1.97 bits per heavy atom. The predicted octanol–water partition coefficient (Wildman–Crippen LogP) is 2.28. The number of amides is 2. The maximum Gasteiger partial charge on any atom is 0.262 e. The summed E-state index contributed by atoms with van der Waals surface area (Å²) < 4.78 is 5.51. The molecule has 2 aliphatic heterocycles. The van der Waals surface area contributed by atoms with E-state index in [0.717, 1.165) is 36.1 Å². The topological polar surface area (TPSA) is 101 Å². The molecule has 4 atom stereocenters. The Balaban J connectivity index is 1.36. The van der Waals surface area contributed by atoms with E-state index >= 15 is 0 Å². The van der Waals surface area contributed by atoms with E-state index in [9.17, 15) is 14.4 Å². The quantitative estimate of drug-likeness (QED) is 0.667. The maximum atomic E-state index is 13.6. The molecule has 4 heterocycles. The molecule has 3 aliphatic rings. The van der Waals surface area contributed by atoms with Crippen LogP contribution in [0.2, 0.25) is 0 Å². The minimum atomic E-state index is -0.688. The summed E-state index contributed by atoms with van der Waals surface area (Å²) in [6.07, 6.45) is 8.14. The molecule has 10 heteroatoms. The second-order valence-corrected chi connectivity index (χ2v) is 10.1. The van der Waals surface area contributed by atoms with Crippen molar-refractivity contribution in [3.63, 3.8) is 0 Å². The van der Waals surface area contributed by atoms with Gasteiger partial charge in [0.1, 0.15) is 31.1 Å². The number of alkyl halides is 1. The largest absolute Gasteiger partial charge is 0.366 e. The van der Waals surface area contributed by atoms with Gasteiger partial charge in [-0.05, 0) is 30.9 Å². The first kappa shape index (κ1) is 21.5. The van der Waals surface area contributed by atoms with E-state index in [1.807, 2.05) is 6.07 Å². The Morgan fingerprint density at radius 3 is 2.72 bits per heavy atom. The fraction of sp³-hybridized carbons (Fsp3) is 0.500. The lowest BCUT2D eigenvalue weighted by molar-refractivity contribution is -0.139. The normalized spacial score (nSPS) is 26.3. The molecule has 2 saturated heterocycles. The highest BCUT2D eigenvalue weighted by molar-refractivity contribution is 7.17. The van der Waals surface area contributed by atoms with Gasteiger partial charge in [0, 0.05) is 29.4 Å². The van der Waals surface area contributed by atoms with Crippen LogP contribution in [0.15, 0.2) is 30.9 Å². The molecule has 0 radical (unpaired) electrons. The van der Waals surface area contributed by atoms with Crippen LogP contribution in [0.3, 0.4) is 0 Å². The number of thiophene rings is 1. The second kappa shape index (κ2) is 8.88. The Hall–Kier alpha value is -2.36. The molecule has 168 valence electrons. The van der Waals surface area contributed by atoms with Gasteiger partial charge in [-0.1, -0.05) is 12.8 Å². The fourth-order valence-electron chi connectivity index (χ4n) is 4.93. The van der Waals surface area contributed by atoms with Gasteiger partial charge in [-0.3, -0.25) is 14.4 Å². The van der Waals surface area contributed by atoms with Crippen molar-refractivity contribution in [2.24, 2.45) is 5.92 Å². The lowest BCUT2D eigenvalue weighted by Crippen LogP contribution is -2.54. The summed E-state index contributed by atoms with van der Waals surface area (Å²) in [5, 5.41) is 2.55. The number of ketones is 1. The zero-order valence-electron chi connectivity index (χ0n) is 17.3. The van der Waals surface area contributed by atoms with Crippen LogP contribution in [0.1, 0.15) is 35.4 Å². The van der Waals surface area contributed by atoms with Crippen molar-refractivity contribution in [1.82, 2.24) is 20.2 Å². The molecule has 2 aromatic heterocycles. The van der Waals surface area contributed by atoms with Gasteiger partial charge in [0.25, 0.3) is 5.91 Å². The summed E-state index contributed by atoms with van der Waals surface area (Å²) in [5.41, 5.74) is 0.830. The summed E-state index contributed by atoms with van der Waals surface area (Å²) in [6.45, 7) is 0.224. The Labute approximate surface area is 194 Å². The van der Waals surface area contributed by atoms with Crippen LogP contribution in [-0.2, 0) is 14.3 Å². The van der Waals surface area contributed by atoms with Crippen LogP contribution >= 0.6 is 22.9 Å².